The van der Waals surface area contributed by atoms with E-state index in [0.29, 0.717) is 5.82 Å². The van der Waals surface area contributed by atoms with E-state index in [9.17, 15) is 14.9 Å². The highest BCUT2D eigenvalue weighted by atomic mass is 79.9. The number of carbonyl (C=O) groups excluding carboxylic acids is 1. The van der Waals surface area contributed by atoms with E-state index in [0.717, 1.165) is 4.47 Å². The van der Waals surface area contributed by atoms with Crippen LogP contribution < -0.4 is 5.32 Å². The van der Waals surface area contributed by atoms with Crippen LogP contribution in [0.5, 0.6) is 0 Å². The van der Waals surface area contributed by atoms with Crippen LogP contribution in [0.1, 0.15) is 10.4 Å². The maximum absolute atomic E-state index is 11.9. The van der Waals surface area contributed by atoms with Crippen molar-refractivity contribution in [2.45, 2.75) is 0 Å². The number of aromatic nitrogens is 1. The number of hydrogen-bond acceptors (Lipinski definition) is 4. The van der Waals surface area contributed by atoms with E-state index in [1.807, 2.05) is 0 Å². The number of benzene rings is 1. The van der Waals surface area contributed by atoms with Gasteiger partial charge in [0.05, 0.1) is 4.92 Å². The first-order valence-electron chi connectivity index (χ1n) is 5.23. The van der Waals surface area contributed by atoms with Gasteiger partial charge in [-0.15, -0.1) is 0 Å². The zero-order valence-electron chi connectivity index (χ0n) is 9.54. The molecule has 2 aromatic rings. The van der Waals surface area contributed by atoms with Crippen LogP contribution in [0.2, 0.25) is 0 Å². The lowest BCUT2D eigenvalue weighted by atomic mass is 10.2. The Morgan fingerprint density at radius 2 is 2.11 bits per heavy atom. The quantitative estimate of drug-likeness (QED) is 0.695. The lowest BCUT2D eigenvalue weighted by molar-refractivity contribution is -0.384. The molecule has 1 heterocycles. The van der Waals surface area contributed by atoms with Crippen molar-refractivity contribution in [3.05, 3.63) is 62.7 Å². The molecule has 0 saturated carbocycles. The normalized spacial score (nSPS) is 9.95. The molecule has 0 aliphatic rings. The highest BCUT2D eigenvalue weighted by Crippen LogP contribution is 2.16. The van der Waals surface area contributed by atoms with Crippen LogP contribution in [-0.4, -0.2) is 15.8 Å². The summed E-state index contributed by atoms with van der Waals surface area (Å²) in [5.41, 5.74) is 0.0748. The molecule has 19 heavy (non-hydrogen) atoms. The molecule has 96 valence electrons. The van der Waals surface area contributed by atoms with Crippen LogP contribution in [0.3, 0.4) is 0 Å². The monoisotopic (exact) mass is 321 g/mol. The van der Waals surface area contributed by atoms with Gasteiger partial charge in [-0.25, -0.2) is 4.98 Å². The second-order valence-corrected chi connectivity index (χ2v) is 4.54. The molecule has 0 bridgehead atoms. The lowest BCUT2D eigenvalue weighted by Gasteiger charge is -2.04. The number of pyridine rings is 1. The zero-order chi connectivity index (χ0) is 13.8. The summed E-state index contributed by atoms with van der Waals surface area (Å²) >= 11 is 3.26. The first-order chi connectivity index (χ1) is 9.06. The van der Waals surface area contributed by atoms with Crippen molar-refractivity contribution in [3.8, 4) is 0 Å². The topological polar surface area (TPSA) is 85.1 Å². The van der Waals surface area contributed by atoms with Crippen molar-refractivity contribution in [1.82, 2.24) is 4.98 Å². The van der Waals surface area contributed by atoms with Gasteiger partial charge in [0.1, 0.15) is 5.82 Å². The summed E-state index contributed by atoms with van der Waals surface area (Å²) in [6.45, 7) is 0. The van der Waals surface area contributed by atoms with Crippen molar-refractivity contribution < 1.29 is 9.72 Å². The van der Waals surface area contributed by atoms with Crippen LogP contribution in [0.4, 0.5) is 11.5 Å². The van der Waals surface area contributed by atoms with E-state index < -0.39 is 10.8 Å². The number of non-ortho nitro benzene ring substituents is 1. The van der Waals surface area contributed by atoms with E-state index in [1.165, 1.54) is 30.5 Å². The molecule has 1 N–H and O–H groups in total. The van der Waals surface area contributed by atoms with Gasteiger partial charge < -0.3 is 5.32 Å². The fraction of sp³-hybridized carbons (Fsp3) is 0. The molecule has 1 aromatic heterocycles. The molecule has 0 aliphatic heterocycles. The zero-order valence-corrected chi connectivity index (χ0v) is 11.1. The molecule has 0 unspecified atom stereocenters. The first-order valence-corrected chi connectivity index (χ1v) is 6.03. The van der Waals surface area contributed by atoms with Crippen LogP contribution in [-0.2, 0) is 0 Å². The van der Waals surface area contributed by atoms with Crippen LogP contribution >= 0.6 is 15.9 Å². The SMILES string of the molecule is O=C(Nc1cc(Br)ccn1)c1cccc([N+](=O)[O-])c1. The lowest BCUT2D eigenvalue weighted by Crippen LogP contribution is -2.13. The first kappa shape index (κ1) is 13.2. The summed E-state index contributed by atoms with van der Waals surface area (Å²) in [6, 6.07) is 8.86. The highest BCUT2D eigenvalue weighted by Gasteiger charge is 2.12. The smallest absolute Gasteiger partial charge is 0.270 e. The Morgan fingerprint density at radius 1 is 1.32 bits per heavy atom. The number of nitrogens with one attached hydrogen (secondary N) is 1. The van der Waals surface area contributed by atoms with E-state index in [4.69, 9.17) is 0 Å². The number of nitro groups is 1. The molecule has 0 fully saturated rings. The third-order valence-corrected chi connectivity index (χ3v) is 2.78. The maximum Gasteiger partial charge on any atom is 0.270 e. The Bertz CT molecular complexity index is 646. The second kappa shape index (κ2) is 5.57. The molecule has 0 radical (unpaired) electrons. The van der Waals surface area contributed by atoms with Crippen LogP contribution in [0.25, 0.3) is 0 Å². The molecule has 7 heteroatoms. The number of halogens is 1. The summed E-state index contributed by atoms with van der Waals surface area (Å²) in [4.78, 5) is 26.0. The largest absolute Gasteiger partial charge is 0.307 e. The van der Waals surface area contributed by atoms with Crippen molar-refractivity contribution >= 4 is 33.3 Å². The Balaban J connectivity index is 2.20. The molecule has 1 amide bonds. The number of anilines is 1. The molecule has 0 spiro atoms. The number of nitrogens with zero attached hydrogens (tertiary/aromatic N) is 2. The van der Waals surface area contributed by atoms with Crippen molar-refractivity contribution in [3.63, 3.8) is 0 Å². The summed E-state index contributed by atoms with van der Waals surface area (Å²) in [5.74, 6) is -0.0832. The highest BCUT2D eigenvalue weighted by molar-refractivity contribution is 9.10. The summed E-state index contributed by atoms with van der Waals surface area (Å²) in [5, 5.41) is 13.2. The number of amides is 1. The number of hydrogen-bond donors (Lipinski definition) is 1. The van der Waals surface area contributed by atoms with Crippen LogP contribution in [0.15, 0.2) is 47.1 Å². The predicted octanol–water partition coefficient (Wildman–Crippen LogP) is 3.00. The summed E-state index contributed by atoms with van der Waals surface area (Å²) in [6.07, 6.45) is 1.53. The molecular formula is C12H8BrN3O3. The van der Waals surface area contributed by atoms with Gasteiger partial charge in [0.15, 0.2) is 0 Å². The minimum atomic E-state index is -0.547. The number of carbonyl (C=O) groups is 1. The van der Waals surface area contributed by atoms with Crippen molar-refractivity contribution in [2.75, 3.05) is 5.32 Å². The van der Waals surface area contributed by atoms with E-state index in [-0.39, 0.29) is 11.3 Å². The third-order valence-electron chi connectivity index (χ3n) is 2.28. The van der Waals surface area contributed by atoms with Gasteiger partial charge in [0.25, 0.3) is 11.6 Å². The standard InChI is InChI=1S/C12H8BrN3O3/c13-9-4-5-14-11(7-9)15-12(17)8-2-1-3-10(6-8)16(18)19/h1-7H,(H,14,15,17). The summed E-state index contributed by atoms with van der Waals surface area (Å²) < 4.78 is 0.775. The molecular weight excluding hydrogens is 314 g/mol. The average Bonchev–Trinajstić information content (AvgIpc) is 2.39. The Kier molecular flexibility index (Phi) is 3.86. The van der Waals surface area contributed by atoms with Gasteiger partial charge >= 0.3 is 0 Å². The Morgan fingerprint density at radius 3 is 2.79 bits per heavy atom. The molecule has 1 aromatic carbocycles. The van der Waals surface area contributed by atoms with E-state index >= 15 is 0 Å². The van der Waals surface area contributed by atoms with Gasteiger partial charge in [0.2, 0.25) is 0 Å². The van der Waals surface area contributed by atoms with Crippen molar-refractivity contribution in [2.24, 2.45) is 0 Å². The maximum atomic E-state index is 11.9. The summed E-state index contributed by atoms with van der Waals surface area (Å²) in [7, 11) is 0. The molecule has 0 atom stereocenters. The third kappa shape index (κ3) is 3.35. The fourth-order valence-corrected chi connectivity index (χ4v) is 1.76. The van der Waals surface area contributed by atoms with Gasteiger partial charge in [-0.3, -0.25) is 14.9 Å². The van der Waals surface area contributed by atoms with Crippen molar-refractivity contribution in [1.29, 1.82) is 0 Å². The molecule has 0 aliphatic carbocycles. The fourth-order valence-electron chi connectivity index (χ4n) is 1.42. The molecule has 2 rings (SSSR count). The Labute approximate surface area is 116 Å². The minimum Gasteiger partial charge on any atom is -0.307 e. The van der Waals surface area contributed by atoms with Gasteiger partial charge in [-0.05, 0) is 18.2 Å². The predicted molar refractivity (Wildman–Crippen MR) is 73.0 cm³/mol. The second-order valence-electron chi connectivity index (χ2n) is 3.62. The molecule has 0 saturated heterocycles. The molecule has 6 nitrogen and oxygen atoms in total. The van der Waals surface area contributed by atoms with Gasteiger partial charge in [-0.2, -0.15) is 0 Å². The number of rotatable bonds is 3. The Hall–Kier alpha value is -2.28. The average molecular weight is 322 g/mol. The van der Waals surface area contributed by atoms with Gasteiger partial charge in [-0.1, -0.05) is 22.0 Å². The number of nitro benzene ring substituents is 1. The van der Waals surface area contributed by atoms with E-state index in [2.05, 4.69) is 26.2 Å². The van der Waals surface area contributed by atoms with Gasteiger partial charge in [0, 0.05) is 28.4 Å². The minimum absolute atomic E-state index is 0.130. The van der Waals surface area contributed by atoms with E-state index in [1.54, 1.807) is 12.1 Å². The van der Waals surface area contributed by atoms with Crippen LogP contribution in [0, 0.1) is 10.1 Å².